The Morgan fingerprint density at radius 2 is 1.70 bits per heavy atom. The first-order chi connectivity index (χ1) is 20.6. The summed E-state index contributed by atoms with van der Waals surface area (Å²) < 4.78 is 16.1. The summed E-state index contributed by atoms with van der Waals surface area (Å²) in [5.74, 6) is 1.11. The lowest BCUT2D eigenvalue weighted by atomic mass is 9.82. The van der Waals surface area contributed by atoms with Gasteiger partial charge < -0.3 is 30.2 Å². The Morgan fingerprint density at radius 3 is 2.30 bits per heavy atom. The Balaban J connectivity index is 1.26. The highest BCUT2D eigenvalue weighted by atomic mass is 16.6. The van der Waals surface area contributed by atoms with E-state index >= 15 is 0 Å². The lowest BCUT2D eigenvalue weighted by Gasteiger charge is -2.29. The van der Waals surface area contributed by atoms with Crippen molar-refractivity contribution in [2.75, 3.05) is 46.6 Å². The fourth-order valence-electron chi connectivity index (χ4n) is 6.91. The second kappa shape index (κ2) is 13.7. The maximum absolute atomic E-state index is 13.9. The average Bonchev–Trinajstić information content (AvgIpc) is 3.41. The molecule has 11 heteroatoms. The molecule has 4 fully saturated rings. The smallest absolute Gasteiger partial charge is 0.243 e. The lowest BCUT2D eigenvalue weighted by molar-refractivity contribution is -0.134. The number of ketones is 1. The topological polar surface area (TPSA) is 139 Å². The number of hydrogen-bond acceptors (Lipinski definition) is 8. The minimum atomic E-state index is -0.956. The van der Waals surface area contributed by atoms with Crippen molar-refractivity contribution >= 4 is 23.5 Å². The van der Waals surface area contributed by atoms with Gasteiger partial charge in [0.15, 0.2) is 5.78 Å². The summed E-state index contributed by atoms with van der Waals surface area (Å²) in [4.78, 5) is 55.3. The van der Waals surface area contributed by atoms with Gasteiger partial charge in [-0.2, -0.15) is 0 Å². The molecule has 2 bridgehead atoms. The number of ether oxygens (including phenoxy) is 3. The van der Waals surface area contributed by atoms with E-state index in [4.69, 9.17) is 14.2 Å². The fraction of sp³-hybridized carbons (Fsp3) is 0.688. The average molecular weight is 599 g/mol. The van der Waals surface area contributed by atoms with E-state index in [0.29, 0.717) is 56.9 Å². The number of fused-ring (bicyclic) bond motifs is 2. The normalized spacial score (nSPS) is 28.4. The van der Waals surface area contributed by atoms with E-state index < -0.39 is 35.5 Å². The van der Waals surface area contributed by atoms with Gasteiger partial charge in [0, 0.05) is 19.5 Å². The molecule has 1 aromatic rings. The number of amides is 3. The molecule has 0 radical (unpaired) electrons. The van der Waals surface area contributed by atoms with Crippen LogP contribution in [0.5, 0.6) is 5.75 Å². The Kier molecular flexibility index (Phi) is 10.0. The first-order valence-electron chi connectivity index (χ1n) is 15.6. The Hall–Kier alpha value is -3.02. The Bertz CT molecular complexity index is 1160. The second-order valence-electron chi connectivity index (χ2n) is 12.9. The van der Waals surface area contributed by atoms with E-state index in [-0.39, 0.29) is 24.7 Å². The molecule has 1 aromatic carbocycles. The van der Waals surface area contributed by atoms with E-state index in [0.717, 1.165) is 17.9 Å². The van der Waals surface area contributed by atoms with E-state index in [9.17, 15) is 19.2 Å². The molecular formula is C32H46N4O7. The summed E-state index contributed by atoms with van der Waals surface area (Å²) in [5, 5.41) is 8.62. The quantitative estimate of drug-likeness (QED) is 0.272. The van der Waals surface area contributed by atoms with Crippen LogP contribution in [0.3, 0.4) is 0 Å². The summed E-state index contributed by atoms with van der Waals surface area (Å²) in [6.07, 6.45) is 5.53. The summed E-state index contributed by atoms with van der Waals surface area (Å²) in [6.45, 7) is 6.35. The van der Waals surface area contributed by atoms with Crippen LogP contribution in [0.25, 0.3) is 0 Å². The molecule has 43 heavy (non-hydrogen) atoms. The third-order valence-corrected chi connectivity index (χ3v) is 9.63. The number of morpholine rings is 1. The number of benzene rings is 1. The summed E-state index contributed by atoms with van der Waals surface area (Å²) >= 11 is 0. The van der Waals surface area contributed by atoms with Crippen LogP contribution < -0.4 is 20.7 Å². The highest BCUT2D eigenvalue weighted by Crippen LogP contribution is 2.50. The molecule has 236 valence electrons. The molecule has 7 atom stereocenters. The molecule has 11 nitrogen and oxygen atoms in total. The zero-order valence-corrected chi connectivity index (χ0v) is 25.6. The molecule has 4 aliphatic rings. The maximum atomic E-state index is 13.9. The molecule has 2 saturated heterocycles. The molecule has 5 rings (SSSR count). The van der Waals surface area contributed by atoms with Crippen molar-refractivity contribution in [3.63, 3.8) is 0 Å². The number of Topliss-reactive ketones (excluding diaryl/α,β-unsaturated/α-hetero) is 1. The van der Waals surface area contributed by atoms with Gasteiger partial charge in [0.05, 0.1) is 39.5 Å². The van der Waals surface area contributed by atoms with Crippen LogP contribution in [0, 0.1) is 17.8 Å². The van der Waals surface area contributed by atoms with Crippen molar-refractivity contribution in [3.8, 4) is 5.75 Å². The lowest BCUT2D eigenvalue weighted by Crippen LogP contribution is -2.57. The zero-order chi connectivity index (χ0) is 30.6. The van der Waals surface area contributed by atoms with Crippen molar-refractivity contribution in [1.82, 2.24) is 20.9 Å². The van der Waals surface area contributed by atoms with Crippen LogP contribution in [0.4, 0.5) is 0 Å². The van der Waals surface area contributed by atoms with Gasteiger partial charge in [0.2, 0.25) is 17.7 Å². The number of nitrogens with one attached hydrogen (secondary N) is 3. The monoisotopic (exact) mass is 598 g/mol. The standard InChI is InChI=1S/C32H46N4O7/c1-20(33-28(37)18-36-10-12-42-13-11-36)30(39)35-27(16-21-5-8-25(41-3)9-6-21)31(40)34-26(29(38)32(2)19-43-32)17-24-15-22-4-7-23(24)14-22/h5-6,8-9,20,22-24,26-27H,4,7,10-19H2,1-3H3,(H,33,37)(H,34,40)(H,35,39)/t20-,22?,23?,24?,26-,27-,32+/m0/s1. The number of rotatable bonds is 14. The first-order valence-corrected chi connectivity index (χ1v) is 15.6. The highest BCUT2D eigenvalue weighted by Gasteiger charge is 2.51. The van der Waals surface area contributed by atoms with E-state index in [1.165, 1.54) is 19.3 Å². The maximum Gasteiger partial charge on any atom is 0.243 e. The van der Waals surface area contributed by atoms with Gasteiger partial charge in [-0.3, -0.25) is 24.1 Å². The molecule has 0 aromatic heterocycles. The van der Waals surface area contributed by atoms with Crippen molar-refractivity contribution in [1.29, 1.82) is 0 Å². The predicted molar refractivity (Wildman–Crippen MR) is 158 cm³/mol. The largest absolute Gasteiger partial charge is 0.497 e. The molecule has 2 aliphatic heterocycles. The van der Waals surface area contributed by atoms with Crippen LogP contribution in [-0.2, 0) is 35.1 Å². The van der Waals surface area contributed by atoms with E-state index in [2.05, 4.69) is 16.0 Å². The SMILES string of the molecule is COc1ccc(C[C@H](NC(=O)[C@H](C)NC(=O)CN2CCOCC2)C(=O)N[C@@H](CC2CC3CCC2C3)C(=O)[C@@]2(C)CO2)cc1. The molecule has 3 amide bonds. The summed E-state index contributed by atoms with van der Waals surface area (Å²) in [7, 11) is 1.58. The summed E-state index contributed by atoms with van der Waals surface area (Å²) in [5.41, 5.74) is -0.0532. The van der Waals surface area contributed by atoms with Crippen LogP contribution in [0.2, 0.25) is 0 Å². The van der Waals surface area contributed by atoms with Crippen molar-refractivity contribution in [3.05, 3.63) is 29.8 Å². The van der Waals surface area contributed by atoms with Gasteiger partial charge in [-0.05, 0) is 75.0 Å². The van der Waals surface area contributed by atoms with Gasteiger partial charge >= 0.3 is 0 Å². The van der Waals surface area contributed by atoms with Crippen LogP contribution in [-0.4, -0.2) is 98.7 Å². The van der Waals surface area contributed by atoms with Crippen molar-refractivity contribution in [2.45, 2.75) is 76.1 Å². The van der Waals surface area contributed by atoms with Gasteiger partial charge in [-0.25, -0.2) is 0 Å². The third kappa shape index (κ3) is 8.13. The third-order valence-electron chi connectivity index (χ3n) is 9.63. The van der Waals surface area contributed by atoms with Crippen LogP contribution >= 0.6 is 0 Å². The predicted octanol–water partition coefficient (Wildman–Crippen LogP) is 1.23. The molecule has 2 aliphatic carbocycles. The molecule has 3 unspecified atom stereocenters. The molecule has 0 spiro atoms. The summed E-state index contributed by atoms with van der Waals surface area (Å²) in [6, 6.07) is 4.78. The van der Waals surface area contributed by atoms with Gasteiger partial charge in [0.1, 0.15) is 23.4 Å². The molecule has 2 heterocycles. The minimum absolute atomic E-state index is 0.109. The first kappa shape index (κ1) is 31.4. The Morgan fingerprint density at radius 1 is 1.00 bits per heavy atom. The molecular weight excluding hydrogens is 552 g/mol. The van der Waals surface area contributed by atoms with Gasteiger partial charge in [-0.15, -0.1) is 0 Å². The van der Waals surface area contributed by atoms with Crippen LogP contribution in [0.15, 0.2) is 24.3 Å². The van der Waals surface area contributed by atoms with Crippen molar-refractivity contribution < 1.29 is 33.4 Å². The van der Waals surface area contributed by atoms with Gasteiger partial charge in [-0.1, -0.05) is 18.6 Å². The second-order valence-corrected chi connectivity index (χ2v) is 12.9. The van der Waals surface area contributed by atoms with E-state index in [1.807, 2.05) is 17.0 Å². The van der Waals surface area contributed by atoms with Crippen LogP contribution in [0.1, 0.15) is 51.5 Å². The number of epoxide rings is 1. The highest BCUT2D eigenvalue weighted by molar-refractivity contribution is 5.98. The number of methoxy groups -OCH3 is 1. The number of carbonyl (C=O) groups excluding carboxylic acids is 4. The number of nitrogens with zero attached hydrogens (tertiary/aromatic N) is 1. The number of carbonyl (C=O) groups is 4. The fourth-order valence-corrected chi connectivity index (χ4v) is 6.91. The van der Waals surface area contributed by atoms with E-state index in [1.54, 1.807) is 33.1 Å². The Labute approximate surface area is 253 Å². The zero-order valence-electron chi connectivity index (χ0n) is 25.6. The molecule has 3 N–H and O–H groups in total. The minimum Gasteiger partial charge on any atom is -0.497 e. The van der Waals surface area contributed by atoms with Crippen molar-refractivity contribution in [2.24, 2.45) is 17.8 Å². The number of hydrogen-bond donors (Lipinski definition) is 3. The molecule has 2 saturated carbocycles. The van der Waals surface area contributed by atoms with Gasteiger partial charge in [0.25, 0.3) is 0 Å².